The number of ether oxygens (including phenoxy) is 1. The zero-order valence-corrected chi connectivity index (χ0v) is 16.9. The van der Waals surface area contributed by atoms with Crippen molar-refractivity contribution in [3.8, 4) is 23.0 Å². The molecule has 1 fully saturated rings. The number of aryl methyl sites for hydroxylation is 1. The summed E-state index contributed by atoms with van der Waals surface area (Å²) < 4.78 is 5.65. The molecule has 1 aliphatic rings. The molecule has 1 saturated heterocycles. The van der Waals surface area contributed by atoms with E-state index in [2.05, 4.69) is 0 Å². The Kier molecular flexibility index (Phi) is 6.77. The number of rotatable bonds is 8. The highest BCUT2D eigenvalue weighted by atomic mass is 16.5. The van der Waals surface area contributed by atoms with Crippen molar-refractivity contribution in [2.75, 3.05) is 13.1 Å². The summed E-state index contributed by atoms with van der Waals surface area (Å²) in [5, 5.41) is 57.0. The van der Waals surface area contributed by atoms with Gasteiger partial charge in [0.05, 0.1) is 13.1 Å². The fourth-order valence-corrected chi connectivity index (χ4v) is 3.40. The summed E-state index contributed by atoms with van der Waals surface area (Å²) in [5.74, 6) is -2.98. The Bertz CT molecular complexity index is 1020. The maximum absolute atomic E-state index is 12.6. The molecule has 1 amide bonds. The summed E-state index contributed by atoms with van der Waals surface area (Å²) in [5.41, 5.74) is 5.86. The smallest absolute Gasteiger partial charge is 0.451 e. The summed E-state index contributed by atoms with van der Waals surface area (Å²) in [6, 6.07) is 5.37. The minimum atomic E-state index is -1.59. The van der Waals surface area contributed by atoms with Crippen LogP contribution in [-0.2, 0) is 11.2 Å². The van der Waals surface area contributed by atoms with E-state index < -0.39 is 42.5 Å². The molecule has 11 nitrogen and oxygen atoms in total. The Morgan fingerprint density at radius 3 is 2.44 bits per heavy atom. The van der Waals surface area contributed by atoms with E-state index in [-0.39, 0.29) is 54.2 Å². The molecule has 8 N–H and O–H groups in total. The maximum atomic E-state index is 12.6. The largest absolute Gasteiger partial charge is 0.508 e. The Balaban J connectivity index is 1.65. The lowest BCUT2D eigenvalue weighted by molar-refractivity contribution is -0.141. The second-order valence-corrected chi connectivity index (χ2v) is 7.47. The molecule has 12 heteroatoms. The number of aromatic carboxylic acids is 1. The zero-order chi connectivity index (χ0) is 23.6. The number of hydrogen-bond donors (Lipinski definition) is 7. The number of phenolic OH excluding ortho intramolecular Hbond substituents is 2. The van der Waals surface area contributed by atoms with Crippen LogP contribution in [0.4, 0.5) is 0 Å². The van der Waals surface area contributed by atoms with Gasteiger partial charge in [0.2, 0.25) is 5.91 Å². The predicted octanol–water partition coefficient (Wildman–Crippen LogP) is -0.194. The summed E-state index contributed by atoms with van der Waals surface area (Å²) in [6.45, 7) is 0.229. The van der Waals surface area contributed by atoms with Gasteiger partial charge in [0.15, 0.2) is 0 Å². The third-order valence-electron chi connectivity index (χ3n) is 5.18. The van der Waals surface area contributed by atoms with Crippen LogP contribution >= 0.6 is 0 Å². The molecule has 32 heavy (non-hydrogen) atoms. The standard InChI is InChI=1S/C20H23BN2O9/c22-17(13-3-2-11(24)7-14(13)25)19(27)23-8-12(9-23)32-15-4-1-10(5-6-21(30)31)18(26)16(15)20(28)29/h1-4,7,12,17,24-26,30-31H,5-6,8-9,22H2,(H,28,29). The van der Waals surface area contributed by atoms with Crippen molar-refractivity contribution < 1.29 is 44.8 Å². The number of likely N-dealkylation sites (tertiary alicyclic amines) is 1. The number of carbonyl (C=O) groups excluding carboxylic acids is 1. The lowest BCUT2D eigenvalue weighted by Gasteiger charge is -2.40. The van der Waals surface area contributed by atoms with Gasteiger partial charge in [0.25, 0.3) is 0 Å². The van der Waals surface area contributed by atoms with Gasteiger partial charge < -0.3 is 45.8 Å². The molecule has 1 atom stereocenters. The van der Waals surface area contributed by atoms with Crippen molar-refractivity contribution >= 4 is 19.0 Å². The molecule has 0 aromatic heterocycles. The van der Waals surface area contributed by atoms with E-state index in [1.807, 2.05) is 0 Å². The van der Waals surface area contributed by atoms with Gasteiger partial charge in [-0.3, -0.25) is 4.79 Å². The van der Waals surface area contributed by atoms with Gasteiger partial charge in [-0.05, 0) is 36.5 Å². The minimum absolute atomic E-state index is 0.0533. The van der Waals surface area contributed by atoms with E-state index in [0.717, 1.165) is 6.07 Å². The molecule has 170 valence electrons. The fourth-order valence-electron chi connectivity index (χ4n) is 3.40. The van der Waals surface area contributed by atoms with E-state index >= 15 is 0 Å². The van der Waals surface area contributed by atoms with E-state index in [9.17, 15) is 30.0 Å². The molecular weight excluding hydrogens is 423 g/mol. The molecule has 2 aromatic carbocycles. The first-order valence-electron chi connectivity index (χ1n) is 9.75. The first-order chi connectivity index (χ1) is 15.1. The SMILES string of the molecule is NC(C(=O)N1CC(Oc2ccc(CCB(O)O)c(O)c2C(=O)O)C1)c1ccc(O)cc1O. The van der Waals surface area contributed by atoms with Crippen molar-refractivity contribution in [3.63, 3.8) is 0 Å². The van der Waals surface area contributed by atoms with Crippen LogP contribution in [0.15, 0.2) is 30.3 Å². The molecule has 0 radical (unpaired) electrons. The molecule has 0 bridgehead atoms. The number of hydrogen-bond acceptors (Lipinski definition) is 9. The Morgan fingerprint density at radius 1 is 1.16 bits per heavy atom. The first-order valence-corrected chi connectivity index (χ1v) is 9.75. The van der Waals surface area contributed by atoms with Gasteiger partial charge in [-0.25, -0.2) is 4.79 Å². The van der Waals surface area contributed by atoms with Crippen molar-refractivity contribution in [1.82, 2.24) is 4.90 Å². The topological polar surface area (TPSA) is 194 Å². The van der Waals surface area contributed by atoms with Gasteiger partial charge in [-0.1, -0.05) is 6.07 Å². The monoisotopic (exact) mass is 446 g/mol. The molecule has 1 unspecified atom stereocenters. The first kappa shape index (κ1) is 23.2. The zero-order valence-electron chi connectivity index (χ0n) is 16.9. The van der Waals surface area contributed by atoms with Crippen LogP contribution < -0.4 is 10.5 Å². The lowest BCUT2D eigenvalue weighted by Crippen LogP contribution is -2.58. The van der Waals surface area contributed by atoms with Crippen LogP contribution in [0.1, 0.15) is 27.5 Å². The molecule has 0 aliphatic carbocycles. The quantitative estimate of drug-likeness (QED) is 0.267. The second kappa shape index (κ2) is 9.34. The van der Waals surface area contributed by atoms with Crippen LogP contribution in [0.3, 0.4) is 0 Å². The van der Waals surface area contributed by atoms with Crippen molar-refractivity contribution in [2.24, 2.45) is 5.73 Å². The van der Waals surface area contributed by atoms with E-state index in [1.54, 1.807) is 0 Å². The van der Waals surface area contributed by atoms with Crippen LogP contribution in [0, 0.1) is 0 Å². The van der Waals surface area contributed by atoms with Gasteiger partial charge in [0.1, 0.15) is 40.7 Å². The fraction of sp³-hybridized carbons (Fsp3) is 0.300. The molecule has 1 aliphatic heterocycles. The van der Waals surface area contributed by atoms with E-state index in [0.29, 0.717) is 0 Å². The number of carboxylic acids is 1. The number of carbonyl (C=O) groups is 2. The number of amides is 1. The van der Waals surface area contributed by atoms with E-state index in [1.165, 1.54) is 29.2 Å². The second-order valence-electron chi connectivity index (χ2n) is 7.47. The van der Waals surface area contributed by atoms with Crippen molar-refractivity contribution in [1.29, 1.82) is 0 Å². The number of phenols is 3. The van der Waals surface area contributed by atoms with E-state index in [4.69, 9.17) is 20.5 Å². The Labute approximate surface area is 183 Å². The lowest BCUT2D eigenvalue weighted by atomic mass is 9.82. The average molecular weight is 446 g/mol. The number of nitrogens with zero attached hydrogens (tertiary/aromatic N) is 1. The van der Waals surface area contributed by atoms with Gasteiger partial charge in [-0.15, -0.1) is 0 Å². The summed E-state index contributed by atoms with van der Waals surface area (Å²) in [6.07, 6.45) is -0.566. The maximum Gasteiger partial charge on any atom is 0.451 e. The number of carboxylic acid groups (broad SMARTS) is 1. The summed E-state index contributed by atoms with van der Waals surface area (Å²) in [7, 11) is -1.59. The highest BCUT2D eigenvalue weighted by Crippen LogP contribution is 2.34. The van der Waals surface area contributed by atoms with Crippen LogP contribution in [0.5, 0.6) is 23.0 Å². The van der Waals surface area contributed by atoms with Gasteiger partial charge in [-0.2, -0.15) is 0 Å². The summed E-state index contributed by atoms with van der Waals surface area (Å²) in [4.78, 5) is 25.6. The normalized spacial score (nSPS) is 14.5. The van der Waals surface area contributed by atoms with Crippen molar-refractivity contribution in [3.05, 3.63) is 47.0 Å². The highest BCUT2D eigenvalue weighted by molar-refractivity contribution is 6.41. The average Bonchev–Trinajstić information content (AvgIpc) is 2.68. The van der Waals surface area contributed by atoms with Crippen LogP contribution in [0.25, 0.3) is 0 Å². The molecule has 0 spiro atoms. The molecule has 3 rings (SSSR count). The number of aromatic hydroxyl groups is 3. The third kappa shape index (κ3) is 4.88. The van der Waals surface area contributed by atoms with Crippen LogP contribution in [-0.4, -0.2) is 73.6 Å². The number of nitrogens with two attached hydrogens (primary N) is 1. The highest BCUT2D eigenvalue weighted by Gasteiger charge is 2.37. The Hall–Kier alpha value is -3.48. The van der Waals surface area contributed by atoms with Gasteiger partial charge in [0, 0.05) is 11.6 Å². The molecule has 2 aromatic rings. The summed E-state index contributed by atoms with van der Waals surface area (Å²) >= 11 is 0. The number of benzene rings is 2. The predicted molar refractivity (Wildman–Crippen MR) is 111 cm³/mol. The minimum Gasteiger partial charge on any atom is -0.508 e. The van der Waals surface area contributed by atoms with Gasteiger partial charge >= 0.3 is 13.1 Å². The third-order valence-corrected chi connectivity index (χ3v) is 5.18. The molecule has 0 saturated carbocycles. The molecule has 1 heterocycles. The molecular formula is C20H23BN2O9. The Morgan fingerprint density at radius 2 is 1.84 bits per heavy atom. The van der Waals surface area contributed by atoms with Crippen LogP contribution in [0.2, 0.25) is 6.32 Å². The van der Waals surface area contributed by atoms with Crippen molar-refractivity contribution in [2.45, 2.75) is 24.9 Å².